The highest BCUT2D eigenvalue weighted by Crippen LogP contribution is 2.41. The third-order valence-corrected chi connectivity index (χ3v) is 5.03. The van der Waals surface area contributed by atoms with Crippen molar-refractivity contribution in [3.8, 4) is 30.3 Å². The van der Waals surface area contributed by atoms with Crippen LogP contribution in [0.2, 0.25) is 0 Å². The molecule has 0 atom stereocenters. The second-order valence-electron chi connectivity index (χ2n) is 7.34. The predicted molar refractivity (Wildman–Crippen MR) is 104 cm³/mol. The third-order valence-electron chi connectivity index (χ3n) is 5.03. The summed E-state index contributed by atoms with van der Waals surface area (Å²) in [5.41, 5.74) is -18.9. The van der Waals surface area contributed by atoms with Crippen LogP contribution in [0.1, 0.15) is 38.9 Å². The maximum atomic E-state index is 14.0. The van der Waals surface area contributed by atoms with E-state index in [4.69, 9.17) is 15.8 Å². The van der Waals surface area contributed by atoms with Gasteiger partial charge in [0.15, 0.2) is 0 Å². The molecule has 0 saturated heterocycles. The largest absolute Gasteiger partial charge is 0.418 e. The zero-order valence-corrected chi connectivity index (χ0v) is 18.5. The zero-order valence-electron chi connectivity index (χ0n) is 18.5. The van der Waals surface area contributed by atoms with E-state index in [-0.39, 0.29) is 12.1 Å². The number of nitriles is 5. The summed E-state index contributed by atoms with van der Waals surface area (Å²) >= 11 is 0. The Labute approximate surface area is 213 Å². The Hall–Kier alpha value is -5.21. The SMILES string of the molecule is N#CC(C#N)=c1cc(C(F)(F)F)/c(=C(\C#N)c2cc(C(F)(F)F)c(C#N)c(C(F)(F)F)c2)c(C#N)c1C(F)(F)F. The summed E-state index contributed by atoms with van der Waals surface area (Å²) in [6, 6.07) is 2.74. The molecule has 0 bridgehead atoms. The van der Waals surface area contributed by atoms with Crippen LogP contribution in [0, 0.1) is 56.7 Å². The van der Waals surface area contributed by atoms with Crippen molar-refractivity contribution in [2.75, 3.05) is 0 Å². The maximum absolute atomic E-state index is 14.0. The highest BCUT2D eigenvalue weighted by Gasteiger charge is 2.44. The quantitative estimate of drug-likeness (QED) is 0.419. The van der Waals surface area contributed by atoms with Gasteiger partial charge in [-0.15, -0.1) is 0 Å². The number of hydrogen-bond acceptors (Lipinski definition) is 5. The number of hydrogen-bond donors (Lipinski definition) is 0. The number of rotatable bonds is 1. The fourth-order valence-corrected chi connectivity index (χ4v) is 3.53. The lowest BCUT2D eigenvalue weighted by Gasteiger charge is -2.19. The van der Waals surface area contributed by atoms with Crippen molar-refractivity contribution in [2.24, 2.45) is 0 Å². The molecule has 17 heteroatoms. The summed E-state index contributed by atoms with van der Waals surface area (Å²) in [7, 11) is 0. The highest BCUT2D eigenvalue weighted by molar-refractivity contribution is 5.81. The molecular weight excluding hydrogens is 574 g/mol. The minimum atomic E-state index is -5.84. The Balaban J connectivity index is 3.59. The topological polar surface area (TPSA) is 119 Å². The van der Waals surface area contributed by atoms with Crippen LogP contribution in [0.15, 0.2) is 18.2 Å². The fourth-order valence-electron chi connectivity index (χ4n) is 3.53. The molecule has 0 saturated carbocycles. The number of nitrogens with zero attached hydrogens (tertiary/aromatic N) is 5. The van der Waals surface area contributed by atoms with E-state index in [2.05, 4.69) is 0 Å². The van der Waals surface area contributed by atoms with E-state index in [9.17, 15) is 63.2 Å². The molecule has 2 rings (SSSR count). The second-order valence-corrected chi connectivity index (χ2v) is 7.34. The summed E-state index contributed by atoms with van der Waals surface area (Å²) < 4.78 is 165. The van der Waals surface area contributed by atoms with Crippen LogP contribution in [0.25, 0.3) is 11.1 Å². The summed E-state index contributed by atoms with van der Waals surface area (Å²) in [4.78, 5) is 0. The van der Waals surface area contributed by atoms with E-state index in [1.165, 1.54) is 0 Å². The van der Waals surface area contributed by atoms with Crippen molar-refractivity contribution in [1.29, 1.82) is 26.3 Å². The molecule has 0 amide bonds. The Morgan fingerprint density at radius 2 is 0.950 bits per heavy atom. The minimum Gasteiger partial charge on any atom is -0.192 e. The van der Waals surface area contributed by atoms with Crippen molar-refractivity contribution in [1.82, 2.24) is 0 Å². The zero-order chi connectivity index (χ0) is 31.0. The van der Waals surface area contributed by atoms with Crippen LogP contribution in [0.4, 0.5) is 52.7 Å². The van der Waals surface area contributed by atoms with Crippen LogP contribution < -0.4 is 10.4 Å². The van der Waals surface area contributed by atoms with Crippen molar-refractivity contribution in [3.05, 3.63) is 67.6 Å². The summed E-state index contributed by atoms with van der Waals surface area (Å²) in [5, 5.41) is 41.9. The van der Waals surface area contributed by atoms with Gasteiger partial charge in [0.05, 0.1) is 39.0 Å². The molecule has 0 fully saturated rings. The second kappa shape index (κ2) is 10.2. The lowest BCUT2D eigenvalue weighted by atomic mass is 9.89. The standard InChI is InChI=1S/C23H3F12N5/c24-20(25,26)15-1-9(2-16(13(15)7-39)21(27,28)29)12(6-38)18-14(8-40)19(23(33,34)35)11(10(4-36)5-37)3-17(18)22(30,31)32/h1-3H/b18-12+. The molecule has 2 aromatic rings. The van der Waals surface area contributed by atoms with Gasteiger partial charge in [0.2, 0.25) is 0 Å². The molecule has 0 N–H and O–H groups in total. The van der Waals surface area contributed by atoms with Gasteiger partial charge < -0.3 is 0 Å². The van der Waals surface area contributed by atoms with Gasteiger partial charge >= 0.3 is 24.7 Å². The molecular formula is C23H3F12N5. The van der Waals surface area contributed by atoms with Gasteiger partial charge in [0, 0.05) is 10.4 Å². The smallest absolute Gasteiger partial charge is 0.192 e. The summed E-state index contributed by atoms with van der Waals surface area (Å²) in [6.45, 7) is 0. The van der Waals surface area contributed by atoms with Crippen molar-refractivity contribution >= 4 is 11.1 Å². The van der Waals surface area contributed by atoms with Crippen LogP contribution in [-0.4, -0.2) is 0 Å². The van der Waals surface area contributed by atoms with E-state index in [0.717, 1.165) is 18.2 Å². The van der Waals surface area contributed by atoms with E-state index < -0.39 is 91.3 Å². The monoisotopic (exact) mass is 577 g/mol. The minimum absolute atomic E-state index is 0.364. The first kappa shape index (κ1) is 31.0. The molecule has 2 aromatic carbocycles. The first-order valence-corrected chi connectivity index (χ1v) is 9.62. The maximum Gasteiger partial charge on any atom is 0.418 e. The van der Waals surface area contributed by atoms with E-state index in [1.54, 1.807) is 0 Å². The predicted octanol–water partition coefficient (Wildman–Crippen LogP) is 5.43. The molecule has 0 heterocycles. The summed E-state index contributed by atoms with van der Waals surface area (Å²) in [6.07, 6.45) is -23.2. The molecule has 0 spiro atoms. The van der Waals surface area contributed by atoms with Crippen LogP contribution in [0.3, 0.4) is 0 Å². The normalized spacial score (nSPS) is 12.8. The molecule has 0 aliphatic rings. The average molecular weight is 577 g/mol. The number of halogens is 12. The van der Waals surface area contributed by atoms with Gasteiger partial charge in [0.25, 0.3) is 0 Å². The van der Waals surface area contributed by atoms with Crippen LogP contribution in [-0.2, 0) is 24.7 Å². The van der Waals surface area contributed by atoms with Gasteiger partial charge in [-0.3, -0.25) is 0 Å². The molecule has 5 nitrogen and oxygen atoms in total. The van der Waals surface area contributed by atoms with Crippen molar-refractivity contribution in [2.45, 2.75) is 24.7 Å². The van der Waals surface area contributed by atoms with Crippen LogP contribution >= 0.6 is 0 Å². The number of benzene rings is 2. The fraction of sp³-hybridized carbons (Fsp3) is 0.174. The Kier molecular flexibility index (Phi) is 7.88. The Morgan fingerprint density at radius 1 is 0.525 bits per heavy atom. The number of alkyl halides is 12. The third kappa shape index (κ3) is 5.62. The van der Waals surface area contributed by atoms with Crippen LogP contribution in [0.5, 0.6) is 0 Å². The Morgan fingerprint density at radius 3 is 1.25 bits per heavy atom. The molecule has 0 unspecified atom stereocenters. The molecule has 204 valence electrons. The molecule has 0 aromatic heterocycles. The average Bonchev–Trinajstić information content (AvgIpc) is 2.82. The van der Waals surface area contributed by atoms with Gasteiger partial charge in [-0.05, 0) is 23.8 Å². The van der Waals surface area contributed by atoms with Gasteiger partial charge in [-0.1, -0.05) is 0 Å². The molecule has 40 heavy (non-hydrogen) atoms. The first-order valence-electron chi connectivity index (χ1n) is 9.62. The van der Waals surface area contributed by atoms with Gasteiger partial charge in [-0.2, -0.15) is 79.0 Å². The molecule has 0 aliphatic carbocycles. The van der Waals surface area contributed by atoms with E-state index >= 15 is 0 Å². The first-order chi connectivity index (χ1) is 18.2. The van der Waals surface area contributed by atoms with E-state index in [1.807, 2.05) is 0 Å². The highest BCUT2D eigenvalue weighted by atomic mass is 19.4. The van der Waals surface area contributed by atoms with Gasteiger partial charge in [0.1, 0.15) is 35.9 Å². The van der Waals surface area contributed by atoms with Gasteiger partial charge in [-0.25, -0.2) is 0 Å². The lowest BCUT2D eigenvalue weighted by molar-refractivity contribution is -0.143. The lowest BCUT2D eigenvalue weighted by Crippen LogP contribution is -2.35. The van der Waals surface area contributed by atoms with E-state index in [0.29, 0.717) is 12.1 Å². The summed E-state index contributed by atoms with van der Waals surface area (Å²) in [5.74, 6) is 0. The van der Waals surface area contributed by atoms with Crippen molar-refractivity contribution < 1.29 is 52.7 Å². The molecule has 0 radical (unpaired) electrons. The Bertz CT molecular complexity index is 1690. The van der Waals surface area contributed by atoms with Crippen molar-refractivity contribution in [3.63, 3.8) is 0 Å². The molecule has 0 aliphatic heterocycles.